The lowest BCUT2D eigenvalue weighted by atomic mass is 10.1. The van der Waals surface area contributed by atoms with E-state index in [1.54, 1.807) is 29.2 Å². The lowest BCUT2D eigenvalue weighted by Crippen LogP contribution is -2.49. The number of aromatic amines is 1. The number of carbonyl (C=O) groups is 2. The number of aromatic nitrogens is 4. The largest absolute Gasteiger partial charge is 0.378 e. The number of carbonyl (C=O) groups excluding carboxylic acids is 2. The molecule has 200 valence electrons. The van der Waals surface area contributed by atoms with E-state index >= 15 is 0 Å². The Balaban J connectivity index is 1.12. The van der Waals surface area contributed by atoms with Crippen LogP contribution in [0, 0.1) is 5.82 Å². The second kappa shape index (κ2) is 10.3. The van der Waals surface area contributed by atoms with Gasteiger partial charge in [0.25, 0.3) is 11.8 Å². The molecule has 39 heavy (non-hydrogen) atoms. The minimum Gasteiger partial charge on any atom is -0.378 e. The summed E-state index contributed by atoms with van der Waals surface area (Å²) in [7, 11) is 0. The van der Waals surface area contributed by atoms with Crippen molar-refractivity contribution in [3.63, 3.8) is 0 Å². The number of rotatable bonds is 5. The number of nitrogens with one attached hydrogen (secondary N) is 1. The van der Waals surface area contributed by atoms with Gasteiger partial charge in [-0.05, 0) is 24.3 Å². The summed E-state index contributed by atoms with van der Waals surface area (Å²) in [5.41, 5.74) is 8.39. The summed E-state index contributed by atoms with van der Waals surface area (Å²) in [6.07, 6.45) is 1.21. The van der Waals surface area contributed by atoms with E-state index in [0.29, 0.717) is 86.4 Å². The van der Waals surface area contributed by atoms with Crippen molar-refractivity contribution >= 4 is 34.6 Å². The zero-order valence-electron chi connectivity index (χ0n) is 21.1. The molecule has 3 N–H and O–H groups in total. The van der Waals surface area contributed by atoms with E-state index in [1.807, 2.05) is 28.0 Å². The summed E-state index contributed by atoms with van der Waals surface area (Å²) in [5.74, 6) is 0.270. The smallest absolute Gasteiger partial charge is 0.253 e. The van der Waals surface area contributed by atoms with Crippen LogP contribution in [0.25, 0.3) is 22.4 Å². The molecular formula is C27H27FN8O3. The average Bonchev–Trinajstić information content (AvgIpc) is 3.42. The third-order valence-electron chi connectivity index (χ3n) is 7.06. The number of imidazole rings is 1. The molecule has 2 saturated heterocycles. The number of hydrogen-bond acceptors (Lipinski definition) is 8. The molecule has 2 fully saturated rings. The van der Waals surface area contributed by atoms with Crippen LogP contribution in [0.1, 0.15) is 20.7 Å². The Morgan fingerprint density at radius 1 is 0.923 bits per heavy atom. The molecule has 0 unspecified atom stereocenters. The van der Waals surface area contributed by atoms with Crippen molar-refractivity contribution in [3.05, 3.63) is 65.6 Å². The van der Waals surface area contributed by atoms with Gasteiger partial charge in [-0.3, -0.25) is 9.59 Å². The summed E-state index contributed by atoms with van der Waals surface area (Å²) in [6.45, 7) is 4.31. The second-order valence-corrected chi connectivity index (χ2v) is 9.45. The van der Waals surface area contributed by atoms with E-state index in [-0.39, 0.29) is 11.7 Å². The van der Waals surface area contributed by atoms with Crippen LogP contribution in [0.5, 0.6) is 0 Å². The molecule has 0 spiro atoms. The minimum absolute atomic E-state index is 0.0733. The van der Waals surface area contributed by atoms with Gasteiger partial charge in [0, 0.05) is 50.4 Å². The fourth-order valence-electron chi connectivity index (χ4n) is 4.93. The lowest BCUT2D eigenvalue weighted by Gasteiger charge is -2.35. The van der Waals surface area contributed by atoms with Crippen molar-refractivity contribution in [2.24, 2.45) is 5.73 Å². The van der Waals surface area contributed by atoms with Crippen LogP contribution in [0.3, 0.4) is 0 Å². The molecule has 2 amide bonds. The van der Waals surface area contributed by atoms with Crippen LogP contribution in [-0.4, -0.2) is 89.1 Å². The summed E-state index contributed by atoms with van der Waals surface area (Å²) < 4.78 is 19.8. The van der Waals surface area contributed by atoms with E-state index in [2.05, 4.69) is 19.9 Å². The van der Waals surface area contributed by atoms with E-state index in [0.717, 1.165) is 5.56 Å². The molecule has 2 aliphatic rings. The fourth-order valence-corrected chi connectivity index (χ4v) is 4.93. The number of hydrogen-bond donors (Lipinski definition) is 2. The molecule has 0 radical (unpaired) electrons. The predicted octanol–water partition coefficient (Wildman–Crippen LogP) is 2.06. The Kier molecular flexibility index (Phi) is 6.53. The number of benzene rings is 2. The Morgan fingerprint density at radius 3 is 2.38 bits per heavy atom. The lowest BCUT2D eigenvalue weighted by molar-refractivity contribution is 0.0746. The van der Waals surface area contributed by atoms with E-state index < -0.39 is 11.7 Å². The van der Waals surface area contributed by atoms with E-state index in [4.69, 9.17) is 10.5 Å². The first-order chi connectivity index (χ1) is 19.0. The van der Waals surface area contributed by atoms with Crippen molar-refractivity contribution in [1.82, 2.24) is 24.8 Å². The SMILES string of the molecule is NC(=O)c1cccc2[nH]c(-c3ccc(C(=O)N4CCN(c5ncc(F)c(N6CCOCC6)n5)CC4)cc3)nc12. The molecule has 4 aromatic rings. The second-order valence-electron chi connectivity index (χ2n) is 9.45. The zero-order valence-corrected chi connectivity index (χ0v) is 21.1. The number of para-hydroxylation sites is 1. The van der Waals surface area contributed by atoms with Crippen LogP contribution in [0.2, 0.25) is 0 Å². The molecular weight excluding hydrogens is 503 g/mol. The van der Waals surface area contributed by atoms with Crippen LogP contribution in [-0.2, 0) is 4.74 Å². The molecule has 2 aromatic carbocycles. The van der Waals surface area contributed by atoms with Gasteiger partial charge in [-0.2, -0.15) is 4.98 Å². The molecule has 4 heterocycles. The van der Waals surface area contributed by atoms with Gasteiger partial charge in [0.05, 0.1) is 30.5 Å². The number of nitrogens with two attached hydrogens (primary N) is 1. The van der Waals surface area contributed by atoms with Crippen LogP contribution in [0.4, 0.5) is 16.2 Å². The molecule has 2 aromatic heterocycles. The first-order valence-electron chi connectivity index (χ1n) is 12.8. The monoisotopic (exact) mass is 530 g/mol. The number of nitrogens with zero attached hydrogens (tertiary/aromatic N) is 6. The maximum absolute atomic E-state index is 14.4. The highest BCUT2D eigenvalue weighted by Crippen LogP contribution is 2.24. The average molecular weight is 531 g/mol. The quantitative estimate of drug-likeness (QED) is 0.401. The number of fused-ring (bicyclic) bond motifs is 1. The summed E-state index contributed by atoms with van der Waals surface area (Å²) >= 11 is 0. The Bertz CT molecular complexity index is 1530. The number of primary amides is 1. The Hall–Kier alpha value is -4.58. The molecule has 12 heteroatoms. The molecule has 0 saturated carbocycles. The number of halogens is 1. The van der Waals surface area contributed by atoms with Crippen molar-refractivity contribution in [2.75, 3.05) is 62.3 Å². The molecule has 0 aliphatic carbocycles. The molecule has 0 bridgehead atoms. The number of amides is 2. The van der Waals surface area contributed by atoms with Crippen LogP contribution < -0.4 is 15.5 Å². The zero-order chi connectivity index (χ0) is 26.9. The van der Waals surface area contributed by atoms with Gasteiger partial charge in [0.2, 0.25) is 5.95 Å². The minimum atomic E-state index is -0.539. The highest BCUT2D eigenvalue weighted by atomic mass is 19.1. The molecule has 2 aliphatic heterocycles. The number of morpholine rings is 1. The summed E-state index contributed by atoms with van der Waals surface area (Å²) in [5, 5.41) is 0. The normalized spacial score (nSPS) is 16.1. The van der Waals surface area contributed by atoms with Gasteiger partial charge in [-0.15, -0.1) is 0 Å². The first kappa shape index (κ1) is 24.7. The van der Waals surface area contributed by atoms with Gasteiger partial charge in [0.1, 0.15) is 11.3 Å². The van der Waals surface area contributed by atoms with E-state index in [1.165, 1.54) is 6.20 Å². The fraction of sp³-hybridized carbons (Fsp3) is 0.296. The number of anilines is 2. The van der Waals surface area contributed by atoms with Gasteiger partial charge >= 0.3 is 0 Å². The number of ether oxygens (including phenoxy) is 1. The van der Waals surface area contributed by atoms with Crippen LogP contribution >= 0.6 is 0 Å². The van der Waals surface area contributed by atoms with Crippen molar-refractivity contribution in [3.8, 4) is 11.4 Å². The Labute approximate surface area is 223 Å². The molecule has 6 rings (SSSR count). The third kappa shape index (κ3) is 4.86. The third-order valence-corrected chi connectivity index (χ3v) is 7.06. The maximum atomic E-state index is 14.4. The van der Waals surface area contributed by atoms with Gasteiger partial charge in [-0.1, -0.05) is 18.2 Å². The van der Waals surface area contributed by atoms with Crippen LogP contribution in [0.15, 0.2) is 48.7 Å². The van der Waals surface area contributed by atoms with Crippen molar-refractivity contribution < 1.29 is 18.7 Å². The highest BCUT2D eigenvalue weighted by Gasteiger charge is 2.25. The standard InChI is InChI=1S/C27H27FN8O3/c28-20-16-30-27(33-25(20)34-12-14-39-15-13-34)36-10-8-35(9-11-36)26(38)18-6-4-17(5-7-18)24-31-21-3-1-2-19(23(29)37)22(21)32-24/h1-7,16H,8-15H2,(H2,29,37)(H,31,32). The molecule has 11 nitrogen and oxygen atoms in total. The summed E-state index contributed by atoms with van der Waals surface area (Å²) in [4.78, 5) is 47.0. The van der Waals surface area contributed by atoms with Crippen molar-refractivity contribution in [2.45, 2.75) is 0 Å². The maximum Gasteiger partial charge on any atom is 0.253 e. The highest BCUT2D eigenvalue weighted by molar-refractivity contribution is 6.04. The molecule has 0 atom stereocenters. The van der Waals surface area contributed by atoms with Gasteiger partial charge < -0.3 is 30.2 Å². The predicted molar refractivity (Wildman–Crippen MR) is 143 cm³/mol. The Morgan fingerprint density at radius 2 is 1.67 bits per heavy atom. The van der Waals surface area contributed by atoms with Crippen molar-refractivity contribution in [1.29, 1.82) is 0 Å². The van der Waals surface area contributed by atoms with E-state index in [9.17, 15) is 14.0 Å². The topological polar surface area (TPSA) is 134 Å². The van der Waals surface area contributed by atoms with Gasteiger partial charge in [0.15, 0.2) is 11.6 Å². The first-order valence-corrected chi connectivity index (χ1v) is 12.8. The van der Waals surface area contributed by atoms with Gasteiger partial charge in [-0.25, -0.2) is 14.4 Å². The number of H-pyrrole nitrogens is 1. The number of piperazine rings is 1. The summed E-state index contributed by atoms with van der Waals surface area (Å²) in [6, 6.07) is 12.4.